The third-order valence-electron chi connectivity index (χ3n) is 5.48. The molecule has 0 bridgehead atoms. The second-order valence-corrected chi connectivity index (χ2v) is 9.60. The minimum absolute atomic E-state index is 0.135. The van der Waals surface area contributed by atoms with Gasteiger partial charge in [0.2, 0.25) is 4.77 Å². The van der Waals surface area contributed by atoms with Crippen molar-refractivity contribution < 1.29 is 14.6 Å². The van der Waals surface area contributed by atoms with Crippen molar-refractivity contribution in [3.8, 4) is 0 Å². The van der Waals surface area contributed by atoms with E-state index in [2.05, 4.69) is 41.1 Å². The molecule has 0 unspecified atom stereocenters. The Kier molecular flexibility index (Phi) is 7.44. The van der Waals surface area contributed by atoms with Gasteiger partial charge in [-0.1, -0.05) is 30.3 Å². The van der Waals surface area contributed by atoms with Crippen molar-refractivity contribution in [2.24, 2.45) is 0 Å². The Bertz CT molecular complexity index is 891. The molecule has 2 heterocycles. The summed E-state index contributed by atoms with van der Waals surface area (Å²) < 4.78 is 4.93. The van der Waals surface area contributed by atoms with Crippen LogP contribution < -0.4 is 15.1 Å². The molecule has 1 saturated heterocycles. The quantitative estimate of drug-likeness (QED) is 0.526. The van der Waals surface area contributed by atoms with E-state index in [0.717, 1.165) is 56.4 Å². The van der Waals surface area contributed by atoms with Crippen LogP contribution >= 0.6 is 12.2 Å². The molecule has 1 aromatic heterocycles. The molecule has 1 aromatic carbocycles. The average molecular weight is 433 g/mol. The van der Waals surface area contributed by atoms with Crippen LogP contribution in [0.4, 0.5) is 0 Å². The molecule has 0 spiro atoms. The van der Waals surface area contributed by atoms with Gasteiger partial charge in [0.15, 0.2) is 13.2 Å². The highest BCUT2D eigenvalue weighted by molar-refractivity contribution is 7.71. The molecule has 0 aliphatic carbocycles. The fourth-order valence-electron chi connectivity index (χ4n) is 4.01. The van der Waals surface area contributed by atoms with Crippen molar-refractivity contribution in [1.82, 2.24) is 19.7 Å². The summed E-state index contributed by atoms with van der Waals surface area (Å²) >= 11 is 5.72. The summed E-state index contributed by atoms with van der Waals surface area (Å²) in [6, 6.07) is 10.4. The van der Waals surface area contributed by atoms with Crippen molar-refractivity contribution >= 4 is 18.1 Å². The van der Waals surface area contributed by atoms with Gasteiger partial charge in [-0.3, -0.25) is 4.79 Å². The molecule has 0 radical (unpaired) electrons. The summed E-state index contributed by atoms with van der Waals surface area (Å²) in [4.78, 5) is 15.0. The Morgan fingerprint density at radius 1 is 1.13 bits per heavy atom. The SMILES string of the molecule is CCn1c(Cc2ccccc2)nn(C[NH+]2CC[NH+](CC(=O)NC(C)(C)C)CC2)c1=S. The van der Waals surface area contributed by atoms with Crippen LogP contribution in [-0.4, -0.2) is 58.5 Å². The molecule has 1 fully saturated rings. The van der Waals surface area contributed by atoms with Gasteiger partial charge in [-0.15, -0.1) is 0 Å². The van der Waals surface area contributed by atoms with E-state index in [9.17, 15) is 4.79 Å². The Morgan fingerprint density at radius 2 is 1.77 bits per heavy atom. The maximum absolute atomic E-state index is 12.2. The van der Waals surface area contributed by atoms with Crippen molar-refractivity contribution in [2.75, 3.05) is 32.7 Å². The highest BCUT2D eigenvalue weighted by atomic mass is 32.1. The first-order valence-corrected chi connectivity index (χ1v) is 11.3. The van der Waals surface area contributed by atoms with Crippen molar-refractivity contribution in [1.29, 1.82) is 0 Å². The van der Waals surface area contributed by atoms with E-state index >= 15 is 0 Å². The predicted molar refractivity (Wildman–Crippen MR) is 120 cm³/mol. The van der Waals surface area contributed by atoms with Crippen LogP contribution in [0.3, 0.4) is 0 Å². The first kappa shape index (κ1) is 22.7. The molecule has 0 saturated carbocycles. The zero-order valence-electron chi connectivity index (χ0n) is 18.7. The maximum atomic E-state index is 12.2. The third kappa shape index (κ3) is 6.23. The largest absolute Gasteiger partial charge is 0.347 e. The number of benzene rings is 1. The summed E-state index contributed by atoms with van der Waals surface area (Å²) in [5, 5.41) is 7.92. The van der Waals surface area contributed by atoms with E-state index in [1.807, 2.05) is 31.5 Å². The van der Waals surface area contributed by atoms with Gasteiger partial charge in [0.25, 0.3) is 5.91 Å². The zero-order valence-corrected chi connectivity index (χ0v) is 19.5. The molecule has 30 heavy (non-hydrogen) atoms. The molecule has 164 valence electrons. The Labute approximate surface area is 184 Å². The number of quaternary nitrogens is 2. The van der Waals surface area contributed by atoms with Crippen LogP contribution in [0.2, 0.25) is 0 Å². The molecular weight excluding hydrogens is 396 g/mol. The highest BCUT2D eigenvalue weighted by Gasteiger charge is 2.27. The van der Waals surface area contributed by atoms with Crippen LogP contribution in [0.25, 0.3) is 0 Å². The van der Waals surface area contributed by atoms with E-state index in [-0.39, 0.29) is 11.4 Å². The van der Waals surface area contributed by atoms with Crippen molar-refractivity contribution in [3.63, 3.8) is 0 Å². The van der Waals surface area contributed by atoms with E-state index in [1.165, 1.54) is 15.4 Å². The van der Waals surface area contributed by atoms with Gasteiger partial charge < -0.3 is 19.7 Å². The maximum Gasteiger partial charge on any atom is 0.275 e. The molecule has 1 amide bonds. The van der Waals surface area contributed by atoms with Crippen molar-refractivity contribution in [3.05, 3.63) is 46.5 Å². The van der Waals surface area contributed by atoms with Crippen LogP contribution in [0, 0.1) is 4.77 Å². The molecule has 8 heteroatoms. The van der Waals surface area contributed by atoms with E-state index in [0.29, 0.717) is 6.54 Å². The number of hydrogen-bond acceptors (Lipinski definition) is 3. The Balaban J connectivity index is 1.57. The minimum atomic E-state index is -0.171. The minimum Gasteiger partial charge on any atom is -0.347 e. The molecule has 3 N–H and O–H groups in total. The second-order valence-electron chi connectivity index (χ2n) is 9.24. The molecule has 7 nitrogen and oxygen atoms in total. The number of carbonyl (C=O) groups is 1. The second kappa shape index (κ2) is 9.85. The fourth-order valence-corrected chi connectivity index (χ4v) is 4.35. The lowest BCUT2D eigenvalue weighted by molar-refractivity contribution is -1.02. The van der Waals surface area contributed by atoms with E-state index in [1.54, 1.807) is 0 Å². The van der Waals surface area contributed by atoms with E-state index < -0.39 is 0 Å². The van der Waals surface area contributed by atoms with Gasteiger partial charge in [-0.2, -0.15) is 9.78 Å². The first-order valence-electron chi connectivity index (χ1n) is 10.9. The van der Waals surface area contributed by atoms with Gasteiger partial charge in [-0.25, -0.2) is 0 Å². The van der Waals surface area contributed by atoms with Crippen LogP contribution in [0.5, 0.6) is 0 Å². The first-order chi connectivity index (χ1) is 14.2. The molecule has 3 rings (SSSR count). The van der Waals surface area contributed by atoms with Gasteiger partial charge in [0, 0.05) is 18.5 Å². The van der Waals surface area contributed by atoms with Gasteiger partial charge >= 0.3 is 0 Å². The summed E-state index contributed by atoms with van der Waals surface area (Å²) in [6.45, 7) is 14.4. The standard InChI is InChI=1S/C22H34N6OS/c1-5-27-19(15-18-9-7-6-8-10-18)24-28(21(27)30)17-26-13-11-25(12-14-26)16-20(29)23-22(2,3)4/h6-10H,5,11-17H2,1-4H3,(H,23,29)/p+2. The Morgan fingerprint density at radius 3 is 2.37 bits per heavy atom. The summed E-state index contributed by atoms with van der Waals surface area (Å²) in [5.41, 5.74) is 1.08. The number of piperazine rings is 1. The number of carbonyl (C=O) groups excluding carboxylic acids is 1. The smallest absolute Gasteiger partial charge is 0.275 e. The topological polar surface area (TPSA) is 60.7 Å². The van der Waals surface area contributed by atoms with Crippen LogP contribution in [0.1, 0.15) is 39.1 Å². The van der Waals surface area contributed by atoms with Gasteiger partial charge in [0.1, 0.15) is 32.0 Å². The van der Waals surface area contributed by atoms with Crippen LogP contribution in [0.15, 0.2) is 30.3 Å². The summed E-state index contributed by atoms with van der Waals surface area (Å²) in [7, 11) is 0. The van der Waals surface area contributed by atoms with Gasteiger partial charge in [-0.05, 0) is 45.5 Å². The third-order valence-corrected chi connectivity index (χ3v) is 5.91. The number of rotatable bonds is 7. The number of amides is 1. The number of aromatic nitrogens is 3. The number of nitrogens with zero attached hydrogens (tertiary/aromatic N) is 3. The number of nitrogens with one attached hydrogen (secondary N) is 3. The highest BCUT2D eigenvalue weighted by Crippen LogP contribution is 2.09. The molecule has 0 atom stereocenters. The Hall–Kier alpha value is -2.03. The predicted octanol–water partition coefficient (Wildman–Crippen LogP) is -0.320. The normalized spacial score (nSPS) is 19.6. The lowest BCUT2D eigenvalue weighted by Crippen LogP contribution is -3.28. The zero-order chi connectivity index (χ0) is 21.7. The number of hydrogen-bond donors (Lipinski definition) is 3. The molecule has 2 aromatic rings. The summed E-state index contributed by atoms with van der Waals surface area (Å²) in [6.07, 6.45) is 0.793. The molecular formula is C22H36N6OS+2. The average Bonchev–Trinajstić information content (AvgIpc) is 2.97. The summed E-state index contributed by atoms with van der Waals surface area (Å²) in [5.74, 6) is 1.16. The lowest BCUT2D eigenvalue weighted by Gasteiger charge is -2.30. The fraction of sp³-hybridized carbons (Fsp3) is 0.591. The van der Waals surface area contributed by atoms with Gasteiger partial charge in [0.05, 0.1) is 0 Å². The lowest BCUT2D eigenvalue weighted by atomic mass is 10.1. The van der Waals surface area contributed by atoms with E-state index in [4.69, 9.17) is 17.3 Å². The molecule has 1 aliphatic rings. The van der Waals surface area contributed by atoms with Crippen LogP contribution in [-0.2, 0) is 24.4 Å². The monoisotopic (exact) mass is 432 g/mol. The molecule has 1 aliphatic heterocycles. The van der Waals surface area contributed by atoms with Crippen molar-refractivity contribution in [2.45, 2.75) is 52.9 Å².